The van der Waals surface area contributed by atoms with Crippen LogP contribution in [0.25, 0.3) is 0 Å². The van der Waals surface area contributed by atoms with Crippen molar-refractivity contribution in [3.63, 3.8) is 0 Å². The molecule has 0 bridgehead atoms. The first-order chi connectivity index (χ1) is 62.7. The monoisotopic (exact) mass is 1930 g/mol. The molecule has 0 saturated heterocycles. The molecule has 0 amide bonds. The summed E-state index contributed by atoms with van der Waals surface area (Å²) in [5, 5.41) is 2.55. The minimum Gasteiger partial charge on any atom is -0.454 e. The summed E-state index contributed by atoms with van der Waals surface area (Å²) < 4.78 is 159. The first kappa shape index (κ1) is 121. The van der Waals surface area contributed by atoms with Gasteiger partial charge in [-0.3, -0.25) is 0 Å². The van der Waals surface area contributed by atoms with Gasteiger partial charge in [-0.05, 0) is 270 Å². The Labute approximate surface area is 817 Å². The number of fused-ring (bicyclic) bond motifs is 1. The van der Waals surface area contributed by atoms with Crippen molar-refractivity contribution in [1.29, 1.82) is 0 Å². The minimum absolute atomic E-state index is 0.0920. The van der Waals surface area contributed by atoms with Crippen molar-refractivity contribution in [3.8, 4) is 11.5 Å². The van der Waals surface area contributed by atoms with E-state index in [-0.39, 0.29) is 40.9 Å². The third-order valence-electron chi connectivity index (χ3n) is 21.4. The Balaban J connectivity index is 0.000000499. The zero-order valence-electron chi connectivity index (χ0n) is 84.9. The molecule has 0 fully saturated rings. The van der Waals surface area contributed by atoms with Gasteiger partial charge in [0.1, 0.15) is 17.5 Å². The molecule has 0 saturated carbocycles. The maximum Gasteiger partial charge on any atom is 0.419 e. The molecule has 0 radical (unpaired) electrons. The second kappa shape index (κ2) is 60.1. The molecule has 12 aromatic rings. The van der Waals surface area contributed by atoms with Crippen LogP contribution in [-0.4, -0.2) is 6.79 Å². The molecular weight excluding hydrogens is 1780 g/mol. The fourth-order valence-corrected chi connectivity index (χ4v) is 13.3. The summed E-state index contributed by atoms with van der Waals surface area (Å²) in [7, 11) is 0. The van der Waals surface area contributed by atoms with Crippen LogP contribution in [0.4, 0.5) is 52.7 Å². The lowest BCUT2D eigenvalue weighted by molar-refractivity contribution is -0.140. The smallest absolute Gasteiger partial charge is 0.419 e. The van der Waals surface area contributed by atoms with Gasteiger partial charge in [0.25, 0.3) is 0 Å². The molecule has 1 aliphatic heterocycles. The molecule has 1 heterocycles. The number of alkyl halides is 9. The quantitative estimate of drug-likeness (QED) is 0.114. The topological polar surface area (TPSA) is 18.5 Å². The second-order valence-electron chi connectivity index (χ2n) is 37.3. The third-order valence-corrected chi connectivity index (χ3v) is 22.4. The summed E-state index contributed by atoms with van der Waals surface area (Å²) in [6.45, 7) is 62.2. The summed E-state index contributed by atoms with van der Waals surface area (Å²) in [5.41, 5.74) is 17.8. The molecule has 135 heavy (non-hydrogen) atoms. The van der Waals surface area contributed by atoms with E-state index in [2.05, 4.69) is 241 Å². The van der Waals surface area contributed by atoms with Gasteiger partial charge in [0.15, 0.2) is 11.5 Å². The Bertz CT molecular complexity index is 5200. The van der Waals surface area contributed by atoms with E-state index in [0.29, 0.717) is 59.7 Å². The lowest BCUT2D eigenvalue weighted by Gasteiger charge is -2.12. The van der Waals surface area contributed by atoms with Gasteiger partial charge in [-0.15, -0.1) is 0 Å². The largest absolute Gasteiger partial charge is 0.454 e. The highest BCUT2D eigenvalue weighted by molar-refractivity contribution is 6.31. The molecule has 0 N–H and O–H groups in total. The highest BCUT2D eigenvalue weighted by atomic mass is 35.5. The zero-order valence-corrected chi connectivity index (χ0v) is 87.2. The van der Waals surface area contributed by atoms with Crippen LogP contribution in [0.5, 0.6) is 11.5 Å². The van der Waals surface area contributed by atoms with E-state index in [1.54, 1.807) is 32.9 Å². The first-order valence-electron chi connectivity index (χ1n) is 46.3. The van der Waals surface area contributed by atoms with Crippen molar-refractivity contribution in [1.82, 2.24) is 0 Å². The number of benzene rings is 12. The van der Waals surface area contributed by atoms with E-state index in [0.717, 1.165) is 72.6 Å². The van der Waals surface area contributed by atoms with Gasteiger partial charge in [0.05, 0.1) is 16.7 Å². The molecule has 736 valence electrons. The van der Waals surface area contributed by atoms with E-state index in [1.807, 2.05) is 122 Å². The fraction of sp³-hybridized carbons (Fsp3) is 0.390. The van der Waals surface area contributed by atoms with Crippen molar-refractivity contribution < 1.29 is 62.2 Å². The average molecular weight is 1930 g/mol. The SMILES string of the molecule is CC(C)c1ccc(C(F)(F)F)cc1.CC(C)c1ccc(Cl)cc1.CC(C)c1ccc(F)cc1.CC(C)c1ccc2c(c1)OCO2.CC(C)c1cccc(C(F)(F)F)c1F.CC(C)c1ccccc1.Cc1cc(C(C)C)cc(C(F)(F)F)c1.Cc1cc(C(C)C)ccc1Cl.Cc1ccc(Cl)c(C(C)C)c1.Cc1ccc(F)c(C(C)C)c1.Cc1cccc(C(C)C)c1.Cc1cccc(C(C)C)c1. The molecular formula is C118H147Cl3F12O2. The first-order valence-corrected chi connectivity index (χ1v) is 47.5. The van der Waals surface area contributed by atoms with E-state index in [4.69, 9.17) is 44.3 Å². The van der Waals surface area contributed by atoms with E-state index < -0.39 is 41.0 Å². The van der Waals surface area contributed by atoms with Crippen LogP contribution in [-0.2, 0) is 18.5 Å². The van der Waals surface area contributed by atoms with E-state index in [1.165, 1.54) is 116 Å². The standard InChI is InChI=1S/C11H13F3.2C10H13Cl.C10H10F4.C10H11F3.C10H13F.C10H12O2.2C10H14.C9H11Cl.C9H11F.C9H12/c1-7(2)9-4-8(3)5-10(6-9)11(12,13)14;1-7(2)9-4-5-10(11)8(3)6-9;1-7(2)9-6-8(3)4-5-10(9)11;1-6(2)7-4-3-5-8(9(7)11)10(12,13)14;1-7(2)8-3-5-9(6-4-8)10(11,12)13;1-7(2)9-6-8(3)4-5-10(9)11;1-7(2)8-3-4-9-10(5-8)12-6-11-9;2*1-8(2)10-6-4-5-9(3)7-10;2*1-7(2)8-3-5-9(10)6-4-8;1-8(2)9-6-4-3-5-7-9/h4-7H,1-3H3;2*4-7H,1-3H3;3-6H,1-2H3;3-7H,1-2H3;4-7H,1-3H3;3-5,7H,6H2,1-2H3;2*4-8H,1-3H3;2*3-7H,1-2H3;3-8H,1-2H3. The molecule has 17 heteroatoms. The number of rotatable bonds is 12. The lowest BCUT2D eigenvalue weighted by Crippen LogP contribution is -2.10. The summed E-state index contributed by atoms with van der Waals surface area (Å²) in [4.78, 5) is 0. The molecule has 0 aliphatic carbocycles. The highest BCUT2D eigenvalue weighted by Gasteiger charge is 2.35. The van der Waals surface area contributed by atoms with Crippen molar-refractivity contribution in [2.75, 3.05) is 6.79 Å². The van der Waals surface area contributed by atoms with Gasteiger partial charge < -0.3 is 9.47 Å². The Kier molecular flexibility index (Phi) is 54.0. The second-order valence-corrected chi connectivity index (χ2v) is 38.6. The molecule has 12 aromatic carbocycles. The molecule has 1 aliphatic rings. The summed E-state index contributed by atoms with van der Waals surface area (Å²) >= 11 is 17.6. The number of halogens is 15. The van der Waals surface area contributed by atoms with Crippen LogP contribution in [0, 0.1) is 59.0 Å². The predicted octanol–water partition coefficient (Wildman–Crippen LogP) is 40.7. The molecule has 2 nitrogen and oxygen atoms in total. The van der Waals surface area contributed by atoms with Crippen LogP contribution in [0.2, 0.25) is 15.1 Å². The number of hydrogen-bond acceptors (Lipinski definition) is 2. The molecule has 0 atom stereocenters. The van der Waals surface area contributed by atoms with Gasteiger partial charge in [-0.1, -0.05) is 405 Å². The predicted molar refractivity (Wildman–Crippen MR) is 551 cm³/mol. The van der Waals surface area contributed by atoms with Crippen LogP contribution < -0.4 is 9.47 Å². The van der Waals surface area contributed by atoms with Crippen LogP contribution in [0.1, 0.15) is 354 Å². The van der Waals surface area contributed by atoms with Crippen molar-refractivity contribution in [3.05, 3.63) is 410 Å². The summed E-state index contributed by atoms with van der Waals surface area (Å²) in [5.74, 6) is 5.42. The normalized spacial score (nSPS) is 11.3. The maximum atomic E-state index is 13.3. The fourth-order valence-electron chi connectivity index (χ4n) is 12.7. The van der Waals surface area contributed by atoms with Gasteiger partial charge in [0.2, 0.25) is 6.79 Å². The van der Waals surface area contributed by atoms with E-state index in [9.17, 15) is 52.7 Å². The van der Waals surface area contributed by atoms with Gasteiger partial charge in [0, 0.05) is 15.1 Å². The highest BCUT2D eigenvalue weighted by Crippen LogP contribution is 2.38. The molecule has 0 aromatic heterocycles. The van der Waals surface area contributed by atoms with Gasteiger partial charge in [-0.2, -0.15) is 39.5 Å². The third kappa shape index (κ3) is 47.3. The molecule has 13 rings (SSSR count). The van der Waals surface area contributed by atoms with Crippen LogP contribution >= 0.6 is 34.8 Å². The van der Waals surface area contributed by atoms with Gasteiger partial charge >= 0.3 is 18.5 Å². The Morgan fingerprint density at radius 1 is 0.244 bits per heavy atom. The minimum atomic E-state index is -4.62. The lowest BCUT2D eigenvalue weighted by atomic mass is 9.98. The molecule has 0 unspecified atom stereocenters. The van der Waals surface area contributed by atoms with Crippen LogP contribution in [0.15, 0.2) is 261 Å². The van der Waals surface area contributed by atoms with Crippen molar-refractivity contribution >= 4 is 34.8 Å². The molecule has 0 spiro atoms. The van der Waals surface area contributed by atoms with Crippen molar-refractivity contribution in [2.24, 2.45) is 0 Å². The number of ether oxygens (including phenoxy) is 2. The van der Waals surface area contributed by atoms with Crippen LogP contribution in [0.3, 0.4) is 0 Å². The number of hydrogen-bond donors (Lipinski definition) is 0. The Hall–Kier alpha value is -9.73. The zero-order chi connectivity index (χ0) is 103. The Morgan fingerprint density at radius 3 is 0.978 bits per heavy atom. The summed E-state index contributed by atoms with van der Waals surface area (Å²) in [6, 6.07) is 78.9. The number of aryl methyl sites for hydroxylation is 6. The van der Waals surface area contributed by atoms with Gasteiger partial charge in [-0.25, -0.2) is 13.2 Å². The Morgan fingerprint density at radius 2 is 0.593 bits per heavy atom. The maximum absolute atomic E-state index is 13.3. The average Bonchev–Trinajstić information content (AvgIpc) is 1.51. The van der Waals surface area contributed by atoms with Crippen molar-refractivity contribution in [2.45, 2.75) is 297 Å². The van der Waals surface area contributed by atoms with E-state index >= 15 is 0 Å². The summed E-state index contributed by atoms with van der Waals surface area (Å²) in [6.07, 6.45) is -13.1.